The van der Waals surface area contributed by atoms with E-state index < -0.39 is 12.1 Å². The Labute approximate surface area is 332 Å². The molecule has 4 heterocycles. The summed E-state index contributed by atoms with van der Waals surface area (Å²) in [6.45, 7) is 4.65. The minimum absolute atomic E-state index is 0.0814. The highest BCUT2D eigenvalue weighted by atomic mass is 16.5. The molecule has 2 bridgehead atoms. The SMILES string of the molecule is COC(=O)N[C@H](C(=O)N1C[C@@H](OC)C[C@H]1c1ncc(-c2ccc(-c3ccc(-c4cnc([C@H]5C6CCC(C6)[C@@H]5C(=O)NCc5cccnc5)[nH]4)cc3)cc2)[nH]1)C(C)C. The van der Waals surface area contributed by atoms with E-state index in [1.807, 2.05) is 32.2 Å². The molecule has 3 fully saturated rings. The first-order valence-corrected chi connectivity index (χ1v) is 19.9. The van der Waals surface area contributed by atoms with Gasteiger partial charge in [-0.1, -0.05) is 68.4 Å². The normalized spacial score (nSPS) is 23.1. The number of methoxy groups -OCH3 is 2. The predicted octanol–water partition coefficient (Wildman–Crippen LogP) is 6.64. The van der Waals surface area contributed by atoms with Crippen LogP contribution in [0.25, 0.3) is 33.6 Å². The number of hydrogen-bond acceptors (Lipinski definition) is 8. The fourth-order valence-electron chi connectivity index (χ4n) is 9.21. The van der Waals surface area contributed by atoms with Crippen LogP contribution in [0.1, 0.15) is 68.7 Å². The monoisotopic (exact) mass is 770 g/mol. The molecule has 1 aliphatic heterocycles. The van der Waals surface area contributed by atoms with Gasteiger partial charge in [-0.2, -0.15) is 0 Å². The zero-order valence-electron chi connectivity index (χ0n) is 32.8. The Hall–Kier alpha value is -5.82. The van der Waals surface area contributed by atoms with E-state index in [0.29, 0.717) is 37.2 Å². The molecule has 296 valence electrons. The maximum absolute atomic E-state index is 13.7. The number of benzene rings is 2. The number of carbonyl (C=O) groups excluding carboxylic acids is 3. The lowest BCUT2D eigenvalue weighted by atomic mass is 9.78. The number of pyridine rings is 1. The molecule has 2 aromatic carbocycles. The van der Waals surface area contributed by atoms with Crippen LogP contribution in [0.5, 0.6) is 0 Å². The third-order valence-electron chi connectivity index (χ3n) is 12.2. The molecule has 7 atom stereocenters. The number of alkyl carbamates (subject to hydrolysis) is 1. The van der Waals surface area contributed by atoms with Crippen molar-refractivity contribution in [1.29, 1.82) is 0 Å². The van der Waals surface area contributed by atoms with Crippen molar-refractivity contribution >= 4 is 17.9 Å². The first-order valence-electron chi connectivity index (χ1n) is 19.9. The minimum Gasteiger partial charge on any atom is -0.453 e. The molecule has 8 rings (SSSR count). The van der Waals surface area contributed by atoms with Gasteiger partial charge in [0.15, 0.2) is 0 Å². The summed E-state index contributed by atoms with van der Waals surface area (Å²) in [6.07, 6.45) is 10.3. The van der Waals surface area contributed by atoms with Crippen LogP contribution < -0.4 is 10.6 Å². The molecule has 0 spiro atoms. The molecule has 13 nitrogen and oxygen atoms in total. The molecule has 57 heavy (non-hydrogen) atoms. The Morgan fingerprint density at radius 3 is 2.07 bits per heavy atom. The molecule has 3 aromatic heterocycles. The number of nitrogens with one attached hydrogen (secondary N) is 4. The van der Waals surface area contributed by atoms with Gasteiger partial charge in [-0.3, -0.25) is 14.6 Å². The second-order valence-electron chi connectivity index (χ2n) is 15.9. The maximum atomic E-state index is 13.7. The van der Waals surface area contributed by atoms with Gasteiger partial charge >= 0.3 is 6.09 Å². The van der Waals surface area contributed by atoms with Gasteiger partial charge in [0.05, 0.1) is 49.0 Å². The van der Waals surface area contributed by atoms with Crippen molar-refractivity contribution in [2.45, 2.75) is 70.2 Å². The van der Waals surface area contributed by atoms with E-state index in [1.165, 1.54) is 7.11 Å². The van der Waals surface area contributed by atoms with Crippen molar-refractivity contribution in [3.05, 3.63) is 103 Å². The van der Waals surface area contributed by atoms with Gasteiger partial charge < -0.3 is 35.0 Å². The number of imidazole rings is 2. The van der Waals surface area contributed by atoms with E-state index in [1.54, 1.807) is 30.6 Å². The molecule has 4 N–H and O–H groups in total. The topological polar surface area (TPSA) is 167 Å². The van der Waals surface area contributed by atoms with E-state index >= 15 is 0 Å². The van der Waals surface area contributed by atoms with Crippen LogP contribution in [-0.4, -0.2) is 80.6 Å². The number of H-pyrrole nitrogens is 2. The lowest BCUT2D eigenvalue weighted by Crippen LogP contribution is -2.51. The van der Waals surface area contributed by atoms with Crippen LogP contribution in [0.15, 0.2) is 85.5 Å². The summed E-state index contributed by atoms with van der Waals surface area (Å²) in [5.41, 5.74) is 6.94. The second kappa shape index (κ2) is 16.3. The summed E-state index contributed by atoms with van der Waals surface area (Å²) in [7, 11) is 2.93. The van der Waals surface area contributed by atoms with Crippen LogP contribution in [0.4, 0.5) is 4.79 Å². The number of hydrogen-bond donors (Lipinski definition) is 4. The number of ether oxygens (including phenoxy) is 2. The smallest absolute Gasteiger partial charge is 0.407 e. The number of nitrogens with zero attached hydrogens (tertiary/aromatic N) is 4. The van der Waals surface area contributed by atoms with E-state index in [2.05, 4.69) is 74.1 Å². The zero-order valence-corrected chi connectivity index (χ0v) is 32.8. The molecule has 2 aliphatic carbocycles. The Morgan fingerprint density at radius 2 is 1.46 bits per heavy atom. The molecule has 3 amide bonds. The van der Waals surface area contributed by atoms with Gasteiger partial charge in [0.25, 0.3) is 0 Å². The van der Waals surface area contributed by atoms with E-state index in [9.17, 15) is 14.4 Å². The van der Waals surface area contributed by atoms with Gasteiger partial charge in [0, 0.05) is 44.9 Å². The Kier molecular flexibility index (Phi) is 10.9. The molecular formula is C44H50N8O5. The number of aromatic amines is 2. The van der Waals surface area contributed by atoms with Crippen molar-refractivity contribution in [2.75, 3.05) is 20.8 Å². The highest BCUT2D eigenvalue weighted by Gasteiger charge is 2.52. The largest absolute Gasteiger partial charge is 0.453 e. The standard InChI is InChI=1S/C44H50N8O5/c1-25(2)39(51-44(55)57-4)43(54)52-24-33(56-3)19-36(52)40-46-22-34(49-40)29-11-7-27(8-12-29)28-9-13-30(14-10-28)35-23-47-41(50-35)37-31-15-16-32(18-31)38(37)42(53)48-21-26-6-5-17-45-20-26/h5-14,17,20,22-23,25,31-33,36-39H,15-16,18-19,21,24H2,1-4H3,(H,46,49)(H,47,50)(H,48,53)(H,51,55)/t31?,32?,33-,36-,37-,38-,39-/m0/s1. The fourth-order valence-corrected chi connectivity index (χ4v) is 9.21. The molecule has 2 saturated carbocycles. The molecule has 0 radical (unpaired) electrons. The number of aromatic nitrogens is 5. The van der Waals surface area contributed by atoms with Crippen LogP contribution in [-0.2, 0) is 25.6 Å². The lowest BCUT2D eigenvalue weighted by Gasteiger charge is -2.29. The number of likely N-dealkylation sites (tertiary alicyclic amines) is 1. The molecule has 3 aliphatic rings. The number of carbonyl (C=O) groups is 3. The Bertz CT molecular complexity index is 2180. The predicted molar refractivity (Wildman–Crippen MR) is 214 cm³/mol. The molecular weight excluding hydrogens is 721 g/mol. The van der Waals surface area contributed by atoms with Crippen LogP contribution in [0.2, 0.25) is 0 Å². The average molecular weight is 771 g/mol. The summed E-state index contributed by atoms with van der Waals surface area (Å²) in [5, 5.41) is 5.87. The van der Waals surface area contributed by atoms with Crippen LogP contribution in [0.3, 0.4) is 0 Å². The average Bonchev–Trinajstić information content (AvgIpc) is 4.10. The Balaban J connectivity index is 0.930. The third kappa shape index (κ3) is 7.80. The molecule has 13 heteroatoms. The van der Waals surface area contributed by atoms with Gasteiger partial charge in [0.2, 0.25) is 11.8 Å². The fraction of sp³-hybridized carbons (Fsp3) is 0.409. The number of amides is 3. The third-order valence-corrected chi connectivity index (χ3v) is 12.2. The van der Waals surface area contributed by atoms with Gasteiger partial charge in [-0.15, -0.1) is 0 Å². The van der Waals surface area contributed by atoms with Crippen LogP contribution in [0, 0.1) is 23.7 Å². The first kappa shape index (κ1) is 38.1. The summed E-state index contributed by atoms with van der Waals surface area (Å²) >= 11 is 0. The molecule has 5 aromatic rings. The molecule has 2 unspecified atom stereocenters. The zero-order chi connectivity index (χ0) is 39.6. The highest BCUT2D eigenvalue weighted by Crippen LogP contribution is 2.56. The maximum Gasteiger partial charge on any atom is 0.407 e. The Morgan fingerprint density at radius 1 is 0.825 bits per heavy atom. The van der Waals surface area contributed by atoms with Gasteiger partial charge in [-0.05, 0) is 70.9 Å². The van der Waals surface area contributed by atoms with E-state index in [0.717, 1.165) is 64.3 Å². The van der Waals surface area contributed by atoms with Crippen molar-refractivity contribution in [3.8, 4) is 33.6 Å². The quantitative estimate of drug-likeness (QED) is 0.110. The second-order valence-corrected chi connectivity index (χ2v) is 15.9. The van der Waals surface area contributed by atoms with Crippen LogP contribution >= 0.6 is 0 Å². The number of rotatable bonds is 12. The highest BCUT2D eigenvalue weighted by molar-refractivity contribution is 5.86. The van der Waals surface area contributed by atoms with E-state index in [-0.39, 0.29) is 41.7 Å². The lowest BCUT2D eigenvalue weighted by molar-refractivity contribution is -0.136. The summed E-state index contributed by atoms with van der Waals surface area (Å²) in [4.78, 5) is 61.8. The van der Waals surface area contributed by atoms with Crippen molar-refractivity contribution in [1.82, 2.24) is 40.5 Å². The minimum atomic E-state index is -0.744. The van der Waals surface area contributed by atoms with Crippen molar-refractivity contribution in [2.24, 2.45) is 23.7 Å². The summed E-state index contributed by atoms with van der Waals surface area (Å²) in [6, 6.07) is 19.5. The van der Waals surface area contributed by atoms with Crippen molar-refractivity contribution < 1.29 is 23.9 Å². The van der Waals surface area contributed by atoms with Crippen molar-refractivity contribution in [3.63, 3.8) is 0 Å². The van der Waals surface area contributed by atoms with Gasteiger partial charge in [0.1, 0.15) is 17.7 Å². The van der Waals surface area contributed by atoms with E-state index in [4.69, 9.17) is 19.4 Å². The first-order chi connectivity index (χ1) is 27.7. The van der Waals surface area contributed by atoms with Gasteiger partial charge in [-0.25, -0.2) is 14.8 Å². The molecule has 1 saturated heterocycles. The summed E-state index contributed by atoms with van der Waals surface area (Å²) < 4.78 is 10.4. The summed E-state index contributed by atoms with van der Waals surface area (Å²) in [5.74, 6) is 2.19. The number of fused-ring (bicyclic) bond motifs is 2.